The van der Waals surface area contributed by atoms with Crippen LogP contribution in [0.3, 0.4) is 0 Å². The fourth-order valence-corrected chi connectivity index (χ4v) is 2.84. The van der Waals surface area contributed by atoms with Gasteiger partial charge in [0.25, 0.3) is 0 Å². The summed E-state index contributed by atoms with van der Waals surface area (Å²) in [5.74, 6) is -1.19. The number of benzene rings is 2. The standard InChI is InChI=1S/C14H10F2N2S/c1-7-4-8(2-3-11(7)17)14-18-12-6-9(15)5-10(16)13(12)19-14/h2-6H,17H2,1H3. The van der Waals surface area contributed by atoms with E-state index < -0.39 is 11.6 Å². The molecule has 1 aromatic heterocycles. The molecule has 0 atom stereocenters. The Labute approximate surface area is 112 Å². The molecule has 0 spiro atoms. The third-order valence-corrected chi connectivity index (χ3v) is 4.05. The number of fused-ring (bicyclic) bond motifs is 1. The molecule has 96 valence electrons. The molecule has 0 fully saturated rings. The average molecular weight is 276 g/mol. The van der Waals surface area contributed by atoms with Gasteiger partial charge in [0.2, 0.25) is 0 Å². The molecule has 0 bridgehead atoms. The molecular weight excluding hydrogens is 266 g/mol. The first-order valence-corrected chi connectivity index (χ1v) is 6.48. The van der Waals surface area contributed by atoms with Crippen LogP contribution in [0.1, 0.15) is 5.56 Å². The van der Waals surface area contributed by atoms with Crippen LogP contribution in [0, 0.1) is 18.6 Å². The second kappa shape index (κ2) is 4.28. The Kier molecular flexibility index (Phi) is 2.71. The summed E-state index contributed by atoms with van der Waals surface area (Å²) >= 11 is 1.21. The normalized spacial score (nSPS) is 11.1. The van der Waals surface area contributed by atoms with Gasteiger partial charge in [0.1, 0.15) is 16.6 Å². The van der Waals surface area contributed by atoms with E-state index in [1.54, 1.807) is 6.07 Å². The highest BCUT2D eigenvalue weighted by Crippen LogP contribution is 2.33. The SMILES string of the molecule is Cc1cc(-c2nc3cc(F)cc(F)c3s2)ccc1N. The van der Waals surface area contributed by atoms with Gasteiger partial charge in [0.15, 0.2) is 0 Å². The molecule has 2 N–H and O–H groups in total. The number of nitrogens with zero attached hydrogens (tertiary/aromatic N) is 1. The van der Waals surface area contributed by atoms with Gasteiger partial charge in [-0.05, 0) is 30.7 Å². The smallest absolute Gasteiger partial charge is 0.145 e. The van der Waals surface area contributed by atoms with Gasteiger partial charge in [-0.25, -0.2) is 13.8 Å². The van der Waals surface area contributed by atoms with Gasteiger partial charge >= 0.3 is 0 Å². The first-order chi connectivity index (χ1) is 9.04. The van der Waals surface area contributed by atoms with Crippen LogP contribution in [0.4, 0.5) is 14.5 Å². The zero-order chi connectivity index (χ0) is 13.6. The minimum atomic E-state index is -0.615. The maximum Gasteiger partial charge on any atom is 0.145 e. The fourth-order valence-electron chi connectivity index (χ4n) is 1.89. The lowest BCUT2D eigenvalue weighted by Gasteiger charge is -2.01. The maximum absolute atomic E-state index is 13.6. The van der Waals surface area contributed by atoms with E-state index in [2.05, 4.69) is 4.98 Å². The Morgan fingerprint density at radius 1 is 1.16 bits per heavy atom. The summed E-state index contributed by atoms with van der Waals surface area (Å²) in [7, 11) is 0. The van der Waals surface area contributed by atoms with Gasteiger partial charge in [0.05, 0.1) is 10.2 Å². The molecule has 0 aliphatic carbocycles. The number of hydrogen-bond donors (Lipinski definition) is 1. The van der Waals surface area contributed by atoms with Crippen molar-refractivity contribution >= 4 is 27.2 Å². The molecule has 3 aromatic rings. The van der Waals surface area contributed by atoms with Crippen LogP contribution in [0.25, 0.3) is 20.8 Å². The van der Waals surface area contributed by atoms with Crippen molar-refractivity contribution in [3.8, 4) is 10.6 Å². The maximum atomic E-state index is 13.6. The van der Waals surface area contributed by atoms with E-state index in [1.165, 1.54) is 17.4 Å². The highest BCUT2D eigenvalue weighted by molar-refractivity contribution is 7.21. The minimum absolute atomic E-state index is 0.340. The number of nitrogen functional groups attached to an aromatic ring is 1. The lowest BCUT2D eigenvalue weighted by molar-refractivity contribution is 0.593. The van der Waals surface area contributed by atoms with Crippen LogP contribution in [0.2, 0.25) is 0 Å². The van der Waals surface area contributed by atoms with Crippen molar-refractivity contribution < 1.29 is 8.78 Å². The Bertz CT molecular complexity index is 780. The molecule has 0 amide bonds. The molecule has 3 rings (SSSR count). The van der Waals surface area contributed by atoms with Crippen molar-refractivity contribution in [2.24, 2.45) is 0 Å². The van der Waals surface area contributed by atoms with Crippen LogP contribution >= 0.6 is 11.3 Å². The molecule has 0 saturated heterocycles. The van der Waals surface area contributed by atoms with E-state index in [1.807, 2.05) is 19.1 Å². The van der Waals surface area contributed by atoms with Crippen molar-refractivity contribution in [3.05, 3.63) is 47.5 Å². The second-order valence-corrected chi connectivity index (χ2v) is 5.33. The number of rotatable bonds is 1. The fraction of sp³-hybridized carbons (Fsp3) is 0.0714. The van der Waals surface area contributed by atoms with Gasteiger partial charge in [-0.1, -0.05) is 0 Å². The van der Waals surface area contributed by atoms with E-state index in [-0.39, 0.29) is 0 Å². The monoisotopic (exact) mass is 276 g/mol. The number of anilines is 1. The Hall–Kier alpha value is -2.01. The van der Waals surface area contributed by atoms with Crippen LogP contribution in [-0.2, 0) is 0 Å². The minimum Gasteiger partial charge on any atom is -0.399 e. The summed E-state index contributed by atoms with van der Waals surface area (Å²) < 4.78 is 27.1. The zero-order valence-corrected chi connectivity index (χ0v) is 10.9. The zero-order valence-electron chi connectivity index (χ0n) is 10.1. The first kappa shape index (κ1) is 12.0. The Balaban J connectivity index is 2.20. The molecule has 0 aliphatic heterocycles. The summed E-state index contributed by atoms with van der Waals surface area (Å²) in [5.41, 5.74) is 8.58. The number of nitrogens with two attached hydrogens (primary N) is 1. The average Bonchev–Trinajstić information content (AvgIpc) is 2.76. The third kappa shape index (κ3) is 2.06. The lowest BCUT2D eigenvalue weighted by atomic mass is 10.1. The highest BCUT2D eigenvalue weighted by Gasteiger charge is 2.12. The van der Waals surface area contributed by atoms with E-state index >= 15 is 0 Å². The van der Waals surface area contributed by atoms with E-state index in [0.717, 1.165) is 17.2 Å². The Morgan fingerprint density at radius 3 is 2.68 bits per heavy atom. The predicted octanol–water partition coefficient (Wildman–Crippen LogP) is 4.13. The molecule has 2 nitrogen and oxygen atoms in total. The predicted molar refractivity (Wildman–Crippen MR) is 74.1 cm³/mol. The molecule has 0 unspecified atom stereocenters. The number of aromatic nitrogens is 1. The molecule has 19 heavy (non-hydrogen) atoms. The van der Waals surface area contributed by atoms with Gasteiger partial charge in [-0.3, -0.25) is 0 Å². The van der Waals surface area contributed by atoms with Gasteiger partial charge < -0.3 is 5.73 Å². The number of aryl methyl sites for hydroxylation is 1. The molecule has 0 radical (unpaired) electrons. The highest BCUT2D eigenvalue weighted by atomic mass is 32.1. The Morgan fingerprint density at radius 2 is 1.95 bits per heavy atom. The summed E-state index contributed by atoms with van der Waals surface area (Å²) in [4.78, 5) is 4.27. The number of hydrogen-bond acceptors (Lipinski definition) is 3. The summed E-state index contributed by atoms with van der Waals surface area (Å²) in [6.45, 7) is 1.90. The van der Waals surface area contributed by atoms with Crippen molar-refractivity contribution in [2.45, 2.75) is 6.92 Å². The van der Waals surface area contributed by atoms with Crippen LogP contribution in [-0.4, -0.2) is 4.98 Å². The molecule has 5 heteroatoms. The summed E-state index contributed by atoms with van der Waals surface area (Å²) in [5, 5.41) is 0.655. The van der Waals surface area contributed by atoms with E-state index in [4.69, 9.17) is 5.73 Å². The van der Waals surface area contributed by atoms with Crippen LogP contribution in [0.15, 0.2) is 30.3 Å². The largest absolute Gasteiger partial charge is 0.399 e. The quantitative estimate of drug-likeness (QED) is 0.679. The second-order valence-electron chi connectivity index (χ2n) is 4.33. The molecular formula is C14H10F2N2S. The van der Waals surface area contributed by atoms with Crippen molar-refractivity contribution in [3.63, 3.8) is 0 Å². The van der Waals surface area contributed by atoms with Gasteiger partial charge in [-0.15, -0.1) is 11.3 Å². The third-order valence-electron chi connectivity index (χ3n) is 2.93. The van der Waals surface area contributed by atoms with Crippen molar-refractivity contribution in [2.75, 3.05) is 5.73 Å². The number of thiazole rings is 1. The lowest BCUT2D eigenvalue weighted by Crippen LogP contribution is -1.89. The van der Waals surface area contributed by atoms with E-state index in [0.29, 0.717) is 20.9 Å². The van der Waals surface area contributed by atoms with Crippen molar-refractivity contribution in [1.82, 2.24) is 4.98 Å². The van der Waals surface area contributed by atoms with Gasteiger partial charge in [-0.2, -0.15) is 0 Å². The molecule has 1 heterocycles. The van der Waals surface area contributed by atoms with Crippen LogP contribution in [0.5, 0.6) is 0 Å². The number of halogens is 2. The van der Waals surface area contributed by atoms with Crippen molar-refractivity contribution in [1.29, 1.82) is 0 Å². The van der Waals surface area contributed by atoms with Gasteiger partial charge in [0, 0.05) is 23.4 Å². The molecule has 0 aliphatic rings. The first-order valence-electron chi connectivity index (χ1n) is 5.66. The van der Waals surface area contributed by atoms with E-state index in [9.17, 15) is 8.78 Å². The summed E-state index contributed by atoms with van der Waals surface area (Å²) in [6, 6.07) is 7.62. The molecule has 0 saturated carbocycles. The molecule has 2 aromatic carbocycles. The topological polar surface area (TPSA) is 38.9 Å². The summed E-state index contributed by atoms with van der Waals surface area (Å²) in [6.07, 6.45) is 0. The van der Waals surface area contributed by atoms with Crippen LogP contribution < -0.4 is 5.73 Å².